The first-order valence-electron chi connectivity index (χ1n) is 6.57. The van der Waals surface area contributed by atoms with E-state index < -0.39 is 0 Å². The summed E-state index contributed by atoms with van der Waals surface area (Å²) in [5, 5.41) is 1.34. The molecule has 0 spiro atoms. The Bertz CT molecular complexity index is 717. The normalized spacial score (nSPS) is 14.9. The van der Waals surface area contributed by atoms with Gasteiger partial charge in [-0.25, -0.2) is 15.0 Å². The summed E-state index contributed by atoms with van der Waals surface area (Å²) in [6.07, 6.45) is 5.38. The number of hydrogen-bond donors (Lipinski definition) is 1. The van der Waals surface area contributed by atoms with Gasteiger partial charge in [0.2, 0.25) is 0 Å². The van der Waals surface area contributed by atoms with Gasteiger partial charge in [-0.15, -0.1) is 0 Å². The zero-order valence-electron chi connectivity index (χ0n) is 11.5. The molecule has 6 nitrogen and oxygen atoms in total. The third-order valence-electron chi connectivity index (χ3n) is 3.49. The van der Waals surface area contributed by atoms with E-state index in [1.807, 2.05) is 6.26 Å². The number of anilines is 1. The third kappa shape index (κ3) is 2.51. The van der Waals surface area contributed by atoms with Crippen LogP contribution in [0, 0.1) is 0 Å². The molecule has 0 radical (unpaired) electrons. The van der Waals surface area contributed by atoms with Gasteiger partial charge in [-0.2, -0.15) is 0 Å². The van der Waals surface area contributed by atoms with Gasteiger partial charge >= 0.3 is 0 Å². The number of nitrogen functional groups attached to an aromatic ring is 1. The molecule has 0 atom stereocenters. The van der Waals surface area contributed by atoms with E-state index in [1.165, 1.54) is 18.0 Å². The van der Waals surface area contributed by atoms with Crippen LogP contribution >= 0.6 is 23.4 Å². The molecule has 1 aliphatic rings. The van der Waals surface area contributed by atoms with Gasteiger partial charge in [-0.3, -0.25) is 4.79 Å². The number of nitrogens with zero attached hydrogens (tertiary/aromatic N) is 4. The molecular formula is C13H14ClN5OS. The first-order valence-corrected chi connectivity index (χ1v) is 8.17. The van der Waals surface area contributed by atoms with Crippen LogP contribution in [0.15, 0.2) is 11.4 Å². The number of nitrogens with two attached hydrogens (primary N) is 1. The SMILES string of the molecule is CSc1nc(Cl)c2cnc(N)c(C(=O)N3CCCC3)c2n1. The number of pyridine rings is 1. The molecule has 0 aromatic carbocycles. The third-order valence-corrected chi connectivity index (χ3v) is 4.33. The monoisotopic (exact) mass is 323 g/mol. The molecule has 2 aromatic heterocycles. The topological polar surface area (TPSA) is 85.0 Å². The molecule has 0 aliphatic carbocycles. The summed E-state index contributed by atoms with van der Waals surface area (Å²) < 4.78 is 0. The first kappa shape index (κ1) is 14.3. The predicted molar refractivity (Wildman–Crippen MR) is 83.7 cm³/mol. The summed E-state index contributed by atoms with van der Waals surface area (Å²) in [7, 11) is 0. The molecule has 1 amide bonds. The van der Waals surface area contributed by atoms with Crippen molar-refractivity contribution in [3.05, 3.63) is 16.9 Å². The van der Waals surface area contributed by atoms with Crippen molar-refractivity contribution >= 4 is 46.0 Å². The van der Waals surface area contributed by atoms with Crippen LogP contribution in [0.4, 0.5) is 5.82 Å². The number of hydrogen-bond acceptors (Lipinski definition) is 6. The van der Waals surface area contributed by atoms with E-state index in [9.17, 15) is 4.79 Å². The lowest BCUT2D eigenvalue weighted by atomic mass is 10.1. The van der Waals surface area contributed by atoms with Crippen LogP contribution < -0.4 is 5.73 Å². The van der Waals surface area contributed by atoms with E-state index in [0.717, 1.165) is 25.9 Å². The fourth-order valence-electron chi connectivity index (χ4n) is 2.43. The van der Waals surface area contributed by atoms with Crippen LogP contribution in [0.1, 0.15) is 23.2 Å². The average Bonchev–Trinajstić information content (AvgIpc) is 3.00. The maximum absolute atomic E-state index is 12.7. The quantitative estimate of drug-likeness (QED) is 0.518. The van der Waals surface area contributed by atoms with Gasteiger partial charge in [0.15, 0.2) is 5.16 Å². The second-order valence-corrected chi connectivity index (χ2v) is 5.91. The highest BCUT2D eigenvalue weighted by Gasteiger charge is 2.25. The van der Waals surface area contributed by atoms with Gasteiger partial charge in [-0.1, -0.05) is 23.4 Å². The van der Waals surface area contributed by atoms with Crippen molar-refractivity contribution in [2.45, 2.75) is 18.0 Å². The lowest BCUT2D eigenvalue weighted by Crippen LogP contribution is -2.29. The molecule has 2 aromatic rings. The molecule has 21 heavy (non-hydrogen) atoms. The van der Waals surface area contributed by atoms with Gasteiger partial charge in [0, 0.05) is 19.3 Å². The van der Waals surface area contributed by atoms with Gasteiger partial charge in [0.25, 0.3) is 5.91 Å². The number of amides is 1. The van der Waals surface area contributed by atoms with Crippen molar-refractivity contribution in [1.29, 1.82) is 0 Å². The number of likely N-dealkylation sites (tertiary alicyclic amines) is 1. The number of carbonyl (C=O) groups is 1. The van der Waals surface area contributed by atoms with Crippen LogP contribution in [-0.4, -0.2) is 45.1 Å². The Morgan fingerprint density at radius 3 is 2.76 bits per heavy atom. The Hall–Kier alpha value is -1.60. The standard InChI is InChI=1S/C13H14ClN5OS/c1-21-13-17-9-7(10(14)18-13)6-16-11(15)8(9)12(20)19-4-2-3-5-19/h6H,2-5H2,1H3,(H2,15,16). The average molecular weight is 324 g/mol. The highest BCUT2D eigenvalue weighted by atomic mass is 35.5. The van der Waals surface area contributed by atoms with Crippen LogP contribution in [0.2, 0.25) is 5.15 Å². The fourth-order valence-corrected chi connectivity index (χ4v) is 3.06. The maximum atomic E-state index is 12.7. The Balaban J connectivity index is 2.22. The van der Waals surface area contributed by atoms with Gasteiger partial charge in [0.1, 0.15) is 16.5 Å². The minimum atomic E-state index is -0.134. The molecule has 0 bridgehead atoms. The number of aromatic nitrogens is 3. The Labute approximate surface area is 131 Å². The van der Waals surface area contributed by atoms with Gasteiger partial charge in [0.05, 0.1) is 10.9 Å². The van der Waals surface area contributed by atoms with E-state index in [0.29, 0.717) is 21.6 Å². The first-order chi connectivity index (χ1) is 10.1. The molecule has 1 saturated heterocycles. The van der Waals surface area contributed by atoms with Crippen molar-refractivity contribution in [2.75, 3.05) is 25.1 Å². The largest absolute Gasteiger partial charge is 0.383 e. The van der Waals surface area contributed by atoms with Crippen LogP contribution in [0.3, 0.4) is 0 Å². The van der Waals surface area contributed by atoms with E-state index in [1.54, 1.807) is 4.90 Å². The number of rotatable bonds is 2. The highest BCUT2D eigenvalue weighted by Crippen LogP contribution is 2.29. The van der Waals surface area contributed by atoms with Crippen molar-refractivity contribution in [2.24, 2.45) is 0 Å². The lowest BCUT2D eigenvalue weighted by molar-refractivity contribution is 0.0795. The Morgan fingerprint density at radius 2 is 2.10 bits per heavy atom. The zero-order chi connectivity index (χ0) is 15.0. The maximum Gasteiger partial charge on any atom is 0.259 e. The summed E-state index contributed by atoms with van der Waals surface area (Å²) >= 11 is 7.52. The molecule has 0 saturated carbocycles. The second-order valence-electron chi connectivity index (χ2n) is 4.78. The number of halogens is 1. The Kier molecular flexibility index (Phi) is 3.86. The highest BCUT2D eigenvalue weighted by molar-refractivity contribution is 7.98. The molecule has 0 unspecified atom stereocenters. The van der Waals surface area contributed by atoms with Crippen molar-refractivity contribution < 1.29 is 4.79 Å². The Morgan fingerprint density at radius 1 is 1.38 bits per heavy atom. The van der Waals surface area contributed by atoms with Crippen molar-refractivity contribution in [3.8, 4) is 0 Å². The van der Waals surface area contributed by atoms with E-state index in [4.69, 9.17) is 17.3 Å². The van der Waals surface area contributed by atoms with Crippen LogP contribution in [0.5, 0.6) is 0 Å². The van der Waals surface area contributed by atoms with Crippen molar-refractivity contribution in [3.63, 3.8) is 0 Å². The fraction of sp³-hybridized carbons (Fsp3) is 0.385. The molecule has 3 rings (SSSR count). The number of carbonyl (C=O) groups excluding carboxylic acids is 1. The zero-order valence-corrected chi connectivity index (χ0v) is 13.0. The van der Waals surface area contributed by atoms with Crippen LogP contribution in [-0.2, 0) is 0 Å². The summed E-state index contributed by atoms with van der Waals surface area (Å²) in [5.74, 6) is 0.0474. The van der Waals surface area contributed by atoms with E-state index >= 15 is 0 Å². The molecule has 3 heterocycles. The summed E-state index contributed by atoms with van der Waals surface area (Å²) in [6, 6.07) is 0. The second kappa shape index (κ2) is 5.65. The van der Waals surface area contributed by atoms with Gasteiger partial charge < -0.3 is 10.6 Å². The van der Waals surface area contributed by atoms with E-state index in [2.05, 4.69) is 15.0 Å². The molecule has 110 valence electrons. The molecule has 2 N–H and O–H groups in total. The molecular weight excluding hydrogens is 310 g/mol. The van der Waals surface area contributed by atoms with Crippen molar-refractivity contribution in [1.82, 2.24) is 19.9 Å². The minimum absolute atomic E-state index is 0.134. The van der Waals surface area contributed by atoms with Gasteiger partial charge in [-0.05, 0) is 19.1 Å². The molecule has 1 aliphatic heterocycles. The van der Waals surface area contributed by atoms with E-state index in [-0.39, 0.29) is 16.9 Å². The van der Waals surface area contributed by atoms with Crippen LogP contribution in [0.25, 0.3) is 10.9 Å². The summed E-state index contributed by atoms with van der Waals surface area (Å²) in [5.41, 5.74) is 6.73. The molecule has 1 fully saturated rings. The molecule has 8 heteroatoms. The number of fused-ring (bicyclic) bond motifs is 1. The number of thioether (sulfide) groups is 1. The lowest BCUT2D eigenvalue weighted by Gasteiger charge is -2.17. The smallest absolute Gasteiger partial charge is 0.259 e. The predicted octanol–water partition coefficient (Wildman–Crippen LogP) is 2.22. The summed E-state index contributed by atoms with van der Waals surface area (Å²) in [4.78, 5) is 27.1. The minimum Gasteiger partial charge on any atom is -0.383 e. The summed E-state index contributed by atoms with van der Waals surface area (Å²) in [6.45, 7) is 1.48.